The third-order valence-electron chi connectivity index (χ3n) is 6.92. The van der Waals surface area contributed by atoms with Gasteiger partial charge in [0.25, 0.3) is 0 Å². The Morgan fingerprint density at radius 1 is 0.955 bits per heavy atom. The normalized spacial score (nSPS) is 29.2. The van der Waals surface area contributed by atoms with E-state index in [-0.39, 0.29) is 11.7 Å². The van der Waals surface area contributed by atoms with Crippen LogP contribution < -0.4 is 0 Å². The maximum absolute atomic E-state index is 14.8. The highest BCUT2D eigenvalue weighted by Crippen LogP contribution is 2.50. The minimum absolute atomic E-state index is 0.104. The molecule has 1 nitrogen and oxygen atoms in total. The number of rotatable bonds is 5. The minimum atomic E-state index is -1.58. The first-order valence-electron chi connectivity index (χ1n) is 9.55. The summed E-state index contributed by atoms with van der Waals surface area (Å²) in [5.41, 5.74) is 1.96. The summed E-state index contributed by atoms with van der Waals surface area (Å²) in [6.45, 7) is 14.2. The molecular weight excluding hydrogens is 291 g/mol. The molecule has 2 atom stereocenters. The van der Waals surface area contributed by atoms with Gasteiger partial charge in [-0.05, 0) is 18.9 Å². The molecule has 1 spiro atoms. The monoisotopic (exact) mass is 328 g/mol. The van der Waals surface area contributed by atoms with Crippen molar-refractivity contribution in [1.82, 2.24) is 0 Å². The smallest absolute Gasteiger partial charge is 0.129 e. The summed E-state index contributed by atoms with van der Waals surface area (Å²) in [6, 6.07) is 1.02. The van der Waals surface area contributed by atoms with Crippen LogP contribution in [0.3, 0.4) is 0 Å². The molecule has 0 bridgehead atoms. The first-order valence-corrected chi connectivity index (χ1v) is 12.0. The lowest BCUT2D eigenvalue weighted by Crippen LogP contribution is -2.48. The first-order chi connectivity index (χ1) is 10.2. The Hall–Kier alpha value is 0.107. The molecule has 1 saturated heterocycles. The van der Waals surface area contributed by atoms with Crippen LogP contribution in [-0.2, 0) is 4.74 Å². The maximum atomic E-state index is 14.8. The third-order valence-corrected chi connectivity index (χ3v) is 14.5. The minimum Gasteiger partial charge on any atom is -0.369 e. The fraction of sp³-hybridized carbons (Fsp3) is 1.00. The second-order valence-corrected chi connectivity index (χ2v) is 15.0. The maximum Gasteiger partial charge on any atom is 0.129 e. The Labute approximate surface area is 138 Å². The van der Waals surface area contributed by atoms with Crippen LogP contribution in [0.5, 0.6) is 0 Å². The van der Waals surface area contributed by atoms with Crippen molar-refractivity contribution in [1.29, 1.82) is 0 Å². The molecule has 130 valence electrons. The van der Waals surface area contributed by atoms with E-state index in [1.807, 2.05) is 0 Å². The zero-order valence-electron chi connectivity index (χ0n) is 15.6. The number of hydrogen-bond donors (Lipinski definition) is 0. The quantitative estimate of drug-likeness (QED) is 0.524. The Bertz CT molecular complexity index is 339. The molecule has 2 fully saturated rings. The van der Waals surface area contributed by atoms with E-state index in [1.54, 1.807) is 0 Å². The van der Waals surface area contributed by atoms with Crippen molar-refractivity contribution >= 4 is 8.07 Å². The molecule has 0 aromatic heterocycles. The van der Waals surface area contributed by atoms with Crippen LogP contribution in [0.4, 0.5) is 4.39 Å². The van der Waals surface area contributed by atoms with Gasteiger partial charge in [0.15, 0.2) is 0 Å². The van der Waals surface area contributed by atoms with Crippen molar-refractivity contribution in [3.8, 4) is 0 Å². The van der Waals surface area contributed by atoms with E-state index in [1.165, 1.54) is 19.3 Å². The fourth-order valence-electron chi connectivity index (χ4n) is 5.67. The van der Waals surface area contributed by atoms with Gasteiger partial charge in [-0.15, -0.1) is 0 Å². The van der Waals surface area contributed by atoms with Crippen molar-refractivity contribution in [2.24, 2.45) is 0 Å². The summed E-state index contributed by atoms with van der Waals surface area (Å²) in [5.74, 6) is 0. The molecule has 1 heterocycles. The summed E-state index contributed by atoms with van der Waals surface area (Å²) in [5, 5.41) is 0. The highest BCUT2D eigenvalue weighted by Gasteiger charge is 2.52. The number of halogens is 1. The van der Waals surface area contributed by atoms with E-state index in [0.717, 1.165) is 18.9 Å². The summed E-state index contributed by atoms with van der Waals surface area (Å²) in [6.07, 6.45) is 5.72. The van der Waals surface area contributed by atoms with Gasteiger partial charge >= 0.3 is 0 Å². The average molecular weight is 329 g/mol. The lowest BCUT2D eigenvalue weighted by molar-refractivity contribution is -0.0612. The van der Waals surface area contributed by atoms with E-state index < -0.39 is 14.2 Å². The van der Waals surface area contributed by atoms with Crippen LogP contribution in [0.2, 0.25) is 22.7 Å². The van der Waals surface area contributed by atoms with Crippen molar-refractivity contribution in [2.75, 3.05) is 0 Å². The van der Waals surface area contributed by atoms with E-state index >= 15 is 0 Å². The van der Waals surface area contributed by atoms with Crippen molar-refractivity contribution in [3.63, 3.8) is 0 Å². The standard InChI is InChI=1S/C19H37FOSi/c1-14(2)22(15(3)4,16(5)6)13-18-17(20)12-19(21-18)10-8-7-9-11-19/h14-18H,7-13H2,1-6H3/t17-,18-/m1/s1. The SMILES string of the molecule is CC(C)[Si](C[C@H]1OC2(CCCCC2)C[C@H]1F)(C(C)C)C(C)C. The van der Waals surface area contributed by atoms with Gasteiger partial charge in [0.1, 0.15) is 6.17 Å². The van der Waals surface area contributed by atoms with Crippen LogP contribution in [0, 0.1) is 0 Å². The van der Waals surface area contributed by atoms with E-state index in [4.69, 9.17) is 4.74 Å². The highest BCUT2D eigenvalue weighted by molar-refractivity contribution is 6.83. The van der Waals surface area contributed by atoms with Crippen LogP contribution in [-0.4, -0.2) is 26.0 Å². The number of ether oxygens (including phenoxy) is 1. The van der Waals surface area contributed by atoms with Gasteiger partial charge in [0, 0.05) is 6.42 Å². The fourth-order valence-corrected chi connectivity index (χ4v) is 12.1. The zero-order valence-corrected chi connectivity index (χ0v) is 16.6. The molecule has 0 N–H and O–H groups in total. The van der Waals surface area contributed by atoms with Crippen LogP contribution in [0.1, 0.15) is 80.1 Å². The van der Waals surface area contributed by atoms with Crippen LogP contribution >= 0.6 is 0 Å². The zero-order chi connectivity index (χ0) is 16.5. The summed E-state index contributed by atoms with van der Waals surface area (Å²) in [4.78, 5) is 0. The Balaban J connectivity index is 2.16. The summed E-state index contributed by atoms with van der Waals surface area (Å²) in [7, 11) is -1.58. The van der Waals surface area contributed by atoms with Crippen molar-refractivity contribution in [2.45, 2.75) is 121 Å². The lowest BCUT2D eigenvalue weighted by Gasteiger charge is -2.45. The van der Waals surface area contributed by atoms with Crippen LogP contribution in [0.15, 0.2) is 0 Å². The molecule has 1 saturated carbocycles. The number of hydrogen-bond acceptors (Lipinski definition) is 1. The molecular formula is C19H37FOSi. The van der Waals surface area contributed by atoms with E-state index in [9.17, 15) is 4.39 Å². The Morgan fingerprint density at radius 3 is 1.91 bits per heavy atom. The lowest BCUT2D eigenvalue weighted by atomic mass is 9.82. The van der Waals surface area contributed by atoms with Gasteiger partial charge in [-0.25, -0.2) is 4.39 Å². The molecule has 0 aromatic carbocycles. The molecule has 0 unspecified atom stereocenters. The molecule has 22 heavy (non-hydrogen) atoms. The van der Waals surface area contributed by atoms with Gasteiger partial charge in [0.2, 0.25) is 0 Å². The molecule has 2 aliphatic rings. The van der Waals surface area contributed by atoms with Crippen LogP contribution in [0.25, 0.3) is 0 Å². The molecule has 1 aliphatic heterocycles. The topological polar surface area (TPSA) is 9.23 Å². The number of alkyl halides is 1. The second-order valence-electron chi connectivity index (χ2n) is 8.90. The molecule has 0 amide bonds. The predicted molar refractivity (Wildman–Crippen MR) is 96.1 cm³/mol. The Morgan fingerprint density at radius 2 is 1.45 bits per heavy atom. The highest BCUT2D eigenvalue weighted by atomic mass is 28.3. The summed E-state index contributed by atoms with van der Waals surface area (Å²) >= 11 is 0. The largest absolute Gasteiger partial charge is 0.369 e. The van der Waals surface area contributed by atoms with Gasteiger partial charge in [-0.2, -0.15) is 0 Å². The van der Waals surface area contributed by atoms with Crippen molar-refractivity contribution < 1.29 is 9.13 Å². The second kappa shape index (κ2) is 6.92. The van der Waals surface area contributed by atoms with E-state index in [2.05, 4.69) is 41.5 Å². The molecule has 3 heteroatoms. The predicted octanol–water partition coefficient (Wildman–Crippen LogP) is 6.50. The first kappa shape index (κ1) is 18.4. The van der Waals surface area contributed by atoms with E-state index in [0.29, 0.717) is 23.0 Å². The van der Waals surface area contributed by atoms with Gasteiger partial charge < -0.3 is 4.74 Å². The average Bonchev–Trinajstić information content (AvgIpc) is 2.71. The molecule has 0 radical (unpaired) electrons. The molecule has 2 rings (SSSR count). The van der Waals surface area contributed by atoms with Gasteiger partial charge in [0.05, 0.1) is 19.8 Å². The third kappa shape index (κ3) is 3.31. The van der Waals surface area contributed by atoms with Gasteiger partial charge in [-0.3, -0.25) is 0 Å². The molecule has 1 aliphatic carbocycles. The Kier molecular flexibility index (Phi) is 5.80. The molecule has 0 aromatic rings. The van der Waals surface area contributed by atoms with Gasteiger partial charge in [-0.1, -0.05) is 77.4 Å². The summed E-state index contributed by atoms with van der Waals surface area (Å²) < 4.78 is 21.3. The van der Waals surface area contributed by atoms with Crippen molar-refractivity contribution in [3.05, 3.63) is 0 Å².